The zero-order chi connectivity index (χ0) is 17.8. The molecule has 25 heavy (non-hydrogen) atoms. The van der Waals surface area contributed by atoms with Crippen LogP contribution in [0.25, 0.3) is 0 Å². The van der Waals surface area contributed by atoms with Crippen LogP contribution in [0.4, 0.5) is 0 Å². The topological polar surface area (TPSA) is 40.7 Å². The number of halogens is 1. The number of hydrogen-bond donors (Lipinski definition) is 0. The van der Waals surface area contributed by atoms with Gasteiger partial charge in [0.1, 0.15) is 0 Å². The van der Waals surface area contributed by atoms with E-state index in [4.69, 9.17) is 25.5 Å². The van der Waals surface area contributed by atoms with Crippen molar-refractivity contribution in [2.75, 3.05) is 92.0 Å². The summed E-state index contributed by atoms with van der Waals surface area (Å²) in [6.07, 6.45) is 0. The third kappa shape index (κ3) is 3.37. The summed E-state index contributed by atoms with van der Waals surface area (Å²) in [5.74, 6) is 0. The first-order chi connectivity index (χ1) is 12.2. The van der Waals surface area contributed by atoms with Crippen LogP contribution in [0.5, 0.6) is 0 Å². The van der Waals surface area contributed by atoms with Crippen LogP contribution >= 0.6 is 17.8 Å². The van der Waals surface area contributed by atoms with Crippen molar-refractivity contribution in [3.63, 3.8) is 0 Å². The molecule has 148 valence electrons. The first kappa shape index (κ1) is 20.2. The Hall–Kier alpha value is 0.440. The van der Waals surface area contributed by atoms with Gasteiger partial charge in [-0.25, -0.2) is 0 Å². The minimum absolute atomic E-state index is 0.751. The van der Waals surface area contributed by atoms with E-state index in [0.29, 0.717) is 0 Å². The SMILES string of the molecule is CCN(CC)P(Cl)(N1CCOCC1)(N1CCOCC1)N1CCOCC1. The molecule has 9 heteroatoms. The van der Waals surface area contributed by atoms with E-state index in [1.54, 1.807) is 0 Å². The summed E-state index contributed by atoms with van der Waals surface area (Å²) in [7, 11) is 0. The summed E-state index contributed by atoms with van der Waals surface area (Å²) >= 11 is 8.07. The molecule has 3 saturated heterocycles. The molecule has 0 aromatic rings. The van der Waals surface area contributed by atoms with Gasteiger partial charge in [0.15, 0.2) is 0 Å². The van der Waals surface area contributed by atoms with Gasteiger partial charge in [0, 0.05) is 0 Å². The van der Waals surface area contributed by atoms with Crippen LogP contribution in [-0.4, -0.2) is 111 Å². The second-order valence-electron chi connectivity index (χ2n) is 6.68. The first-order valence-corrected chi connectivity index (χ1v) is 12.6. The summed E-state index contributed by atoms with van der Waals surface area (Å²) in [6, 6.07) is 0. The molecular weight excluding hydrogens is 363 g/mol. The molecule has 0 atom stereocenters. The zero-order valence-electron chi connectivity index (χ0n) is 15.7. The standard InChI is InChI=1S/C16H34ClN4O3P/c1-3-18(4-2)25(17,19-5-11-22-12-6-19,20-7-13-23-14-8-20)21-9-15-24-16-10-21/h3-16H2,1-2H3. The summed E-state index contributed by atoms with van der Waals surface area (Å²) < 4.78 is 27.2. The Morgan fingerprint density at radius 1 is 0.680 bits per heavy atom. The molecule has 3 heterocycles. The minimum atomic E-state index is -3.17. The van der Waals surface area contributed by atoms with E-state index < -0.39 is 6.56 Å². The summed E-state index contributed by atoms with van der Waals surface area (Å²) in [5.41, 5.74) is 0. The van der Waals surface area contributed by atoms with Gasteiger partial charge in [0.05, 0.1) is 0 Å². The van der Waals surface area contributed by atoms with E-state index >= 15 is 0 Å². The fourth-order valence-electron chi connectivity index (χ4n) is 4.48. The molecule has 3 rings (SSSR count). The predicted octanol–water partition coefficient (Wildman–Crippen LogP) is 1.69. The third-order valence-electron chi connectivity index (χ3n) is 5.64. The Morgan fingerprint density at radius 2 is 0.960 bits per heavy atom. The van der Waals surface area contributed by atoms with Crippen molar-refractivity contribution in [2.24, 2.45) is 0 Å². The van der Waals surface area contributed by atoms with Gasteiger partial charge in [-0.1, -0.05) is 0 Å². The molecule has 7 nitrogen and oxygen atoms in total. The van der Waals surface area contributed by atoms with Crippen LogP contribution in [0.15, 0.2) is 0 Å². The number of hydrogen-bond acceptors (Lipinski definition) is 7. The molecule has 3 aliphatic heterocycles. The van der Waals surface area contributed by atoms with Crippen molar-refractivity contribution in [3.8, 4) is 0 Å². The molecule has 0 aromatic carbocycles. The monoisotopic (exact) mass is 396 g/mol. The molecule has 0 saturated carbocycles. The molecule has 0 N–H and O–H groups in total. The van der Waals surface area contributed by atoms with E-state index in [1.807, 2.05) is 0 Å². The van der Waals surface area contributed by atoms with E-state index in [9.17, 15) is 0 Å². The first-order valence-electron chi connectivity index (χ1n) is 9.65. The second kappa shape index (κ2) is 8.63. The average molecular weight is 397 g/mol. The molecule has 0 aliphatic carbocycles. The molecule has 0 amide bonds. The van der Waals surface area contributed by atoms with Crippen molar-refractivity contribution in [1.29, 1.82) is 0 Å². The zero-order valence-corrected chi connectivity index (χ0v) is 17.4. The van der Waals surface area contributed by atoms with Gasteiger partial charge in [-0.15, -0.1) is 0 Å². The number of nitrogens with zero attached hydrogens (tertiary/aromatic N) is 4. The Balaban J connectivity index is 2.09. The molecule has 3 aliphatic rings. The molecule has 3 fully saturated rings. The van der Waals surface area contributed by atoms with Crippen molar-refractivity contribution in [2.45, 2.75) is 13.8 Å². The number of ether oxygens (including phenoxy) is 3. The van der Waals surface area contributed by atoms with Crippen LogP contribution < -0.4 is 0 Å². The normalized spacial score (nSPS) is 27.3. The third-order valence-corrected chi connectivity index (χ3v) is 13.9. The summed E-state index contributed by atoms with van der Waals surface area (Å²) in [4.78, 5) is 0. The van der Waals surface area contributed by atoms with Gasteiger partial charge >= 0.3 is 157 Å². The summed E-state index contributed by atoms with van der Waals surface area (Å²) in [6.45, 7) is 13.0. The fourth-order valence-corrected chi connectivity index (χ4v) is 12.2. The fraction of sp³-hybridized carbons (Fsp3) is 1.00. The van der Waals surface area contributed by atoms with Crippen molar-refractivity contribution in [1.82, 2.24) is 18.7 Å². The van der Waals surface area contributed by atoms with Gasteiger partial charge in [-0.3, -0.25) is 0 Å². The molecule has 0 bridgehead atoms. The molecule has 0 radical (unpaired) electrons. The van der Waals surface area contributed by atoms with E-state index in [0.717, 1.165) is 92.0 Å². The molecule has 0 unspecified atom stereocenters. The number of rotatable bonds is 6. The second-order valence-corrected chi connectivity index (χ2v) is 12.4. The van der Waals surface area contributed by atoms with Crippen molar-refractivity contribution in [3.05, 3.63) is 0 Å². The molecule has 0 spiro atoms. The quantitative estimate of drug-likeness (QED) is 0.633. The molecular formula is C16H34ClN4O3P. The maximum atomic E-state index is 8.07. The number of morpholine rings is 3. The van der Waals surface area contributed by atoms with Crippen molar-refractivity contribution < 1.29 is 14.2 Å². The summed E-state index contributed by atoms with van der Waals surface area (Å²) in [5, 5.41) is 0. The average Bonchev–Trinajstić information content (AvgIpc) is 2.71. The van der Waals surface area contributed by atoms with Gasteiger partial charge in [0.25, 0.3) is 0 Å². The van der Waals surface area contributed by atoms with Gasteiger partial charge in [-0.2, -0.15) is 0 Å². The van der Waals surface area contributed by atoms with Crippen LogP contribution in [0, 0.1) is 0 Å². The molecule has 0 aromatic heterocycles. The Bertz CT molecular complexity index is 377. The van der Waals surface area contributed by atoms with Crippen LogP contribution in [0.1, 0.15) is 13.8 Å². The Kier molecular flexibility index (Phi) is 6.97. The van der Waals surface area contributed by atoms with Crippen molar-refractivity contribution >= 4 is 17.8 Å². The van der Waals surface area contributed by atoms with E-state index in [-0.39, 0.29) is 0 Å². The maximum absolute atomic E-state index is 8.07. The van der Waals surface area contributed by atoms with Crippen LogP contribution in [0.2, 0.25) is 0 Å². The van der Waals surface area contributed by atoms with Gasteiger partial charge < -0.3 is 0 Å². The Morgan fingerprint density at radius 3 is 1.20 bits per heavy atom. The van der Waals surface area contributed by atoms with Crippen LogP contribution in [-0.2, 0) is 14.2 Å². The van der Waals surface area contributed by atoms with E-state index in [2.05, 4.69) is 32.5 Å². The van der Waals surface area contributed by atoms with Crippen LogP contribution in [0.3, 0.4) is 0 Å². The van der Waals surface area contributed by atoms with E-state index in [1.165, 1.54) is 0 Å². The van der Waals surface area contributed by atoms with Gasteiger partial charge in [0.2, 0.25) is 0 Å². The predicted molar refractivity (Wildman–Crippen MR) is 103 cm³/mol. The Labute approximate surface area is 157 Å². The van der Waals surface area contributed by atoms with Gasteiger partial charge in [-0.05, 0) is 0 Å².